The molecule has 1 atom stereocenters. The maximum Gasteiger partial charge on any atom is 0.224 e. The van der Waals surface area contributed by atoms with Gasteiger partial charge in [0.15, 0.2) is 0 Å². The van der Waals surface area contributed by atoms with Crippen LogP contribution in [0.4, 0.5) is 0 Å². The second-order valence-corrected chi connectivity index (χ2v) is 10.8. The lowest BCUT2D eigenvalue weighted by atomic mass is 9.89. The molecule has 0 aromatic heterocycles. The van der Waals surface area contributed by atoms with Gasteiger partial charge < -0.3 is 5.32 Å². The van der Waals surface area contributed by atoms with Gasteiger partial charge in [-0.15, -0.1) is 0 Å². The Hall–Kier alpha value is -0.820. The van der Waals surface area contributed by atoms with Gasteiger partial charge in [0.1, 0.15) is 0 Å². The van der Waals surface area contributed by atoms with Crippen LogP contribution in [0, 0.1) is 11.8 Å². The van der Waals surface area contributed by atoms with E-state index >= 15 is 0 Å². The highest BCUT2D eigenvalue weighted by Crippen LogP contribution is 2.27. The Labute approximate surface area is 177 Å². The van der Waals surface area contributed by atoms with Crippen LogP contribution >= 0.6 is 23.2 Å². The molecule has 1 N–H and O–H groups in total. The monoisotopic (exact) mass is 446 g/mol. The number of amides is 1. The summed E-state index contributed by atoms with van der Waals surface area (Å²) in [6.07, 6.45) is 7.53. The Morgan fingerprint density at radius 2 is 1.86 bits per heavy atom. The van der Waals surface area contributed by atoms with E-state index in [4.69, 9.17) is 23.2 Å². The lowest BCUT2D eigenvalue weighted by molar-refractivity contribution is -0.126. The molecular formula is C20H28Cl2N2O3S. The van der Waals surface area contributed by atoms with E-state index in [-0.39, 0.29) is 24.1 Å². The third-order valence-corrected chi connectivity index (χ3v) is 8.17. The Kier molecular flexibility index (Phi) is 7.65. The number of carbonyl (C=O) groups is 1. The molecule has 1 aromatic rings. The Balaban J connectivity index is 1.57. The molecular weight excluding hydrogens is 419 g/mol. The second-order valence-electron chi connectivity index (χ2n) is 7.94. The molecule has 1 saturated carbocycles. The van der Waals surface area contributed by atoms with E-state index in [1.54, 1.807) is 18.2 Å². The van der Waals surface area contributed by atoms with Crippen molar-refractivity contribution in [2.75, 3.05) is 19.6 Å². The molecule has 1 unspecified atom stereocenters. The van der Waals surface area contributed by atoms with Gasteiger partial charge in [0.25, 0.3) is 0 Å². The maximum atomic E-state index is 12.9. The molecule has 8 heteroatoms. The summed E-state index contributed by atoms with van der Waals surface area (Å²) in [6.45, 7) is 1.40. The van der Waals surface area contributed by atoms with Crippen LogP contribution in [0.15, 0.2) is 18.2 Å². The van der Waals surface area contributed by atoms with Crippen molar-refractivity contribution in [3.8, 4) is 0 Å². The van der Waals surface area contributed by atoms with Crippen molar-refractivity contribution in [1.29, 1.82) is 0 Å². The summed E-state index contributed by atoms with van der Waals surface area (Å²) < 4.78 is 27.2. The minimum Gasteiger partial charge on any atom is -0.356 e. The Morgan fingerprint density at radius 1 is 1.11 bits per heavy atom. The van der Waals surface area contributed by atoms with Gasteiger partial charge in [0, 0.05) is 29.7 Å². The number of benzene rings is 1. The normalized spacial score (nSPS) is 22.1. The molecule has 5 nitrogen and oxygen atoms in total. The fourth-order valence-corrected chi connectivity index (χ4v) is 6.31. The van der Waals surface area contributed by atoms with Crippen LogP contribution in [0.1, 0.15) is 50.5 Å². The zero-order valence-electron chi connectivity index (χ0n) is 16.0. The van der Waals surface area contributed by atoms with Crippen LogP contribution in [-0.4, -0.2) is 38.3 Å². The number of nitrogens with one attached hydrogen (secondary N) is 1. The number of hydrogen-bond donors (Lipinski definition) is 1. The van der Waals surface area contributed by atoms with Gasteiger partial charge in [-0.3, -0.25) is 4.79 Å². The van der Waals surface area contributed by atoms with Gasteiger partial charge >= 0.3 is 0 Å². The SMILES string of the molecule is O=C(NCC1CCCCC1)C1CCCN(S(=O)(=O)Cc2ccc(Cl)cc2Cl)C1. The zero-order chi connectivity index (χ0) is 20.1. The molecule has 3 rings (SSSR count). The van der Waals surface area contributed by atoms with Gasteiger partial charge in [0.2, 0.25) is 15.9 Å². The molecule has 2 fully saturated rings. The summed E-state index contributed by atoms with van der Waals surface area (Å²) in [5.41, 5.74) is 0.523. The van der Waals surface area contributed by atoms with E-state index in [1.165, 1.54) is 36.4 Å². The number of rotatable bonds is 6. The summed E-state index contributed by atoms with van der Waals surface area (Å²) >= 11 is 12.0. The third-order valence-electron chi connectivity index (χ3n) is 5.79. The van der Waals surface area contributed by atoms with Crippen molar-refractivity contribution < 1.29 is 13.2 Å². The van der Waals surface area contributed by atoms with E-state index in [2.05, 4.69) is 5.32 Å². The van der Waals surface area contributed by atoms with Gasteiger partial charge in [-0.1, -0.05) is 48.5 Å². The predicted octanol–water partition coefficient (Wildman–Crippen LogP) is 4.23. The first-order valence-corrected chi connectivity index (χ1v) is 12.4. The first-order chi connectivity index (χ1) is 13.3. The van der Waals surface area contributed by atoms with E-state index in [0.29, 0.717) is 41.0 Å². The molecule has 28 heavy (non-hydrogen) atoms. The second kappa shape index (κ2) is 9.79. The quantitative estimate of drug-likeness (QED) is 0.710. The van der Waals surface area contributed by atoms with Gasteiger partial charge in [-0.25, -0.2) is 12.7 Å². The summed E-state index contributed by atoms with van der Waals surface area (Å²) in [5.74, 6) is 0.0790. The molecule has 1 aromatic carbocycles. The van der Waals surface area contributed by atoms with Crippen LogP contribution in [0.25, 0.3) is 0 Å². The molecule has 1 saturated heterocycles. The molecule has 1 amide bonds. The number of hydrogen-bond acceptors (Lipinski definition) is 3. The van der Waals surface area contributed by atoms with Gasteiger partial charge in [-0.2, -0.15) is 0 Å². The van der Waals surface area contributed by atoms with E-state index in [0.717, 1.165) is 6.42 Å². The minimum atomic E-state index is -3.55. The van der Waals surface area contributed by atoms with E-state index in [9.17, 15) is 13.2 Å². The number of halogens is 2. The zero-order valence-corrected chi connectivity index (χ0v) is 18.3. The lowest BCUT2D eigenvalue weighted by Crippen LogP contribution is -2.46. The van der Waals surface area contributed by atoms with Gasteiger partial charge in [0.05, 0.1) is 11.7 Å². The standard InChI is InChI=1S/C20H28Cl2N2O3S/c21-18-9-8-17(19(22)11-18)14-28(26,27)24-10-4-7-16(13-24)20(25)23-12-15-5-2-1-3-6-15/h8-9,11,15-16H,1-7,10,12-14H2,(H,23,25). The highest BCUT2D eigenvalue weighted by atomic mass is 35.5. The first kappa shape index (κ1) is 21.9. The number of piperidine rings is 1. The predicted molar refractivity (Wildman–Crippen MR) is 113 cm³/mol. The van der Waals surface area contributed by atoms with E-state index in [1.807, 2.05) is 0 Å². The molecule has 1 aliphatic heterocycles. The topological polar surface area (TPSA) is 66.5 Å². The number of sulfonamides is 1. The molecule has 2 aliphatic rings. The lowest BCUT2D eigenvalue weighted by Gasteiger charge is -2.32. The van der Waals surface area contributed by atoms with Crippen molar-refractivity contribution >= 4 is 39.1 Å². The highest BCUT2D eigenvalue weighted by Gasteiger charge is 2.33. The number of nitrogens with zero attached hydrogens (tertiary/aromatic N) is 1. The summed E-state index contributed by atoms with van der Waals surface area (Å²) in [4.78, 5) is 12.6. The average molecular weight is 447 g/mol. The smallest absolute Gasteiger partial charge is 0.224 e. The van der Waals surface area contributed by atoms with Crippen molar-refractivity contribution in [3.63, 3.8) is 0 Å². The van der Waals surface area contributed by atoms with Crippen LogP contribution < -0.4 is 5.32 Å². The van der Waals surface area contributed by atoms with Crippen LogP contribution in [-0.2, 0) is 20.6 Å². The first-order valence-electron chi connectivity index (χ1n) is 10.0. The van der Waals surface area contributed by atoms with Gasteiger partial charge in [-0.05, 0) is 49.3 Å². The molecule has 156 valence electrons. The Bertz CT molecular complexity index is 795. The fourth-order valence-electron chi connectivity index (χ4n) is 4.12. The molecule has 1 heterocycles. The summed E-state index contributed by atoms with van der Waals surface area (Å²) in [5, 5.41) is 3.88. The Morgan fingerprint density at radius 3 is 2.57 bits per heavy atom. The third kappa shape index (κ3) is 5.85. The average Bonchev–Trinajstić information content (AvgIpc) is 2.69. The molecule has 0 spiro atoms. The van der Waals surface area contributed by atoms with Crippen molar-refractivity contribution in [1.82, 2.24) is 9.62 Å². The largest absolute Gasteiger partial charge is 0.356 e. The van der Waals surface area contributed by atoms with Crippen LogP contribution in [0.2, 0.25) is 10.0 Å². The molecule has 1 aliphatic carbocycles. The van der Waals surface area contributed by atoms with Crippen LogP contribution in [0.5, 0.6) is 0 Å². The van der Waals surface area contributed by atoms with Crippen molar-refractivity contribution in [2.24, 2.45) is 11.8 Å². The van der Waals surface area contributed by atoms with Crippen molar-refractivity contribution in [2.45, 2.75) is 50.7 Å². The maximum absolute atomic E-state index is 12.9. The summed E-state index contributed by atoms with van der Waals surface area (Å²) in [7, 11) is -3.55. The molecule has 0 radical (unpaired) electrons. The summed E-state index contributed by atoms with van der Waals surface area (Å²) in [6, 6.07) is 4.82. The number of carbonyl (C=O) groups excluding carboxylic acids is 1. The van der Waals surface area contributed by atoms with E-state index < -0.39 is 10.0 Å². The molecule has 0 bridgehead atoms. The van der Waals surface area contributed by atoms with Crippen LogP contribution in [0.3, 0.4) is 0 Å². The minimum absolute atomic E-state index is 0.0185. The highest BCUT2D eigenvalue weighted by molar-refractivity contribution is 7.88. The fraction of sp³-hybridized carbons (Fsp3) is 0.650. The van der Waals surface area contributed by atoms with Crippen molar-refractivity contribution in [3.05, 3.63) is 33.8 Å².